The molecule has 12 rings (SSSR count). The molecule has 0 spiro atoms. The monoisotopic (exact) mass is 802 g/mol. The van der Waals surface area contributed by atoms with Gasteiger partial charge in [-0.05, 0) is 105 Å². The Bertz CT molecular complexity index is 3520. The summed E-state index contributed by atoms with van der Waals surface area (Å²) < 4.78 is 4.87. The van der Waals surface area contributed by atoms with Crippen molar-refractivity contribution in [1.82, 2.24) is 9.13 Å². The van der Waals surface area contributed by atoms with Gasteiger partial charge in [-0.15, -0.1) is 0 Å². The fourth-order valence-electron chi connectivity index (χ4n) is 10.3. The second kappa shape index (κ2) is 15.1. The summed E-state index contributed by atoms with van der Waals surface area (Å²) in [4.78, 5) is 0. The molecule has 2 heteroatoms. The van der Waals surface area contributed by atoms with Crippen LogP contribution < -0.4 is 0 Å². The van der Waals surface area contributed by atoms with Crippen molar-refractivity contribution in [3.63, 3.8) is 0 Å². The first-order valence-electron chi connectivity index (χ1n) is 21.8. The molecule has 0 aliphatic rings. The van der Waals surface area contributed by atoms with Gasteiger partial charge in [0.2, 0.25) is 0 Å². The van der Waals surface area contributed by atoms with Crippen molar-refractivity contribution >= 4 is 43.6 Å². The Morgan fingerprint density at radius 3 is 1.19 bits per heavy atom. The minimum Gasteiger partial charge on any atom is -0.309 e. The van der Waals surface area contributed by atoms with Crippen molar-refractivity contribution in [2.75, 3.05) is 0 Å². The Morgan fingerprint density at radius 1 is 0.222 bits per heavy atom. The second-order valence-corrected chi connectivity index (χ2v) is 16.5. The molecule has 0 saturated heterocycles. The zero-order chi connectivity index (χ0) is 41.7. The van der Waals surface area contributed by atoms with Crippen LogP contribution in [0.15, 0.2) is 255 Å². The van der Waals surface area contributed by atoms with E-state index in [1.165, 1.54) is 88.1 Å². The van der Waals surface area contributed by atoms with Gasteiger partial charge in [-0.25, -0.2) is 0 Å². The van der Waals surface area contributed by atoms with E-state index in [9.17, 15) is 0 Å². The van der Waals surface area contributed by atoms with Crippen LogP contribution >= 0.6 is 0 Å². The molecule has 0 aliphatic heterocycles. The topological polar surface area (TPSA) is 9.86 Å². The van der Waals surface area contributed by atoms with Crippen molar-refractivity contribution in [3.8, 4) is 33.6 Å². The van der Waals surface area contributed by atoms with Gasteiger partial charge in [0.25, 0.3) is 0 Å². The van der Waals surface area contributed by atoms with Gasteiger partial charge in [-0.2, -0.15) is 0 Å². The second-order valence-electron chi connectivity index (χ2n) is 16.5. The standard InChI is InChI=1S/C61H42N2/c1-4-19-43(20-5-1)44-21-16-22-45(39-44)46-23-17-28-49(40-46)61(47-24-6-2-7-25-47,48-26-8-3-9-27-48)50-29-18-30-51(41-50)62-59-36-15-12-33-55(59)56-42-52(37-38-60(56)62)63-57-34-13-10-31-53(57)54-32-11-14-35-58(54)63/h1-42H. The highest BCUT2D eigenvalue weighted by molar-refractivity contribution is 6.12. The highest BCUT2D eigenvalue weighted by atomic mass is 15.0. The summed E-state index contributed by atoms with van der Waals surface area (Å²) in [6.45, 7) is 0. The molecule has 2 aromatic heterocycles. The van der Waals surface area contributed by atoms with Gasteiger partial charge < -0.3 is 9.13 Å². The summed E-state index contributed by atoms with van der Waals surface area (Å²) in [7, 11) is 0. The molecule has 0 saturated carbocycles. The third kappa shape index (κ3) is 5.95. The van der Waals surface area contributed by atoms with Gasteiger partial charge in [-0.3, -0.25) is 0 Å². The van der Waals surface area contributed by atoms with Gasteiger partial charge in [0, 0.05) is 32.9 Å². The van der Waals surface area contributed by atoms with Crippen LogP contribution in [0.4, 0.5) is 0 Å². The van der Waals surface area contributed by atoms with Gasteiger partial charge in [0.1, 0.15) is 0 Å². The van der Waals surface area contributed by atoms with Crippen LogP contribution in [0.1, 0.15) is 22.3 Å². The Kier molecular flexibility index (Phi) is 8.76. The van der Waals surface area contributed by atoms with E-state index in [1.54, 1.807) is 0 Å². The lowest BCUT2D eigenvalue weighted by molar-refractivity contribution is 0.744. The highest BCUT2D eigenvalue weighted by Crippen LogP contribution is 2.47. The Hall–Kier alpha value is -8.20. The van der Waals surface area contributed by atoms with E-state index in [0.29, 0.717) is 0 Å². The lowest BCUT2D eigenvalue weighted by Crippen LogP contribution is -2.31. The SMILES string of the molecule is c1ccc(-c2cccc(-c3cccc(C(c4ccccc4)(c4ccccc4)c4cccc(-n5c6ccccc6c6cc(-n7c8ccccc8c8ccccc87)ccc65)c4)c3)c2)cc1. The van der Waals surface area contributed by atoms with Crippen LogP contribution in [0.25, 0.3) is 77.2 Å². The maximum atomic E-state index is 2.45. The van der Waals surface area contributed by atoms with E-state index >= 15 is 0 Å². The largest absolute Gasteiger partial charge is 0.309 e. The van der Waals surface area contributed by atoms with Crippen molar-refractivity contribution < 1.29 is 0 Å². The van der Waals surface area contributed by atoms with Crippen molar-refractivity contribution in [2.45, 2.75) is 5.41 Å². The third-order valence-corrected chi connectivity index (χ3v) is 13.0. The average Bonchev–Trinajstić information content (AvgIpc) is 3.88. The van der Waals surface area contributed by atoms with Crippen LogP contribution in [0.2, 0.25) is 0 Å². The predicted molar refractivity (Wildman–Crippen MR) is 264 cm³/mol. The zero-order valence-corrected chi connectivity index (χ0v) is 34.6. The van der Waals surface area contributed by atoms with Crippen molar-refractivity contribution in [1.29, 1.82) is 0 Å². The van der Waals surface area contributed by atoms with Gasteiger partial charge in [0.15, 0.2) is 0 Å². The maximum Gasteiger partial charge on any atom is 0.0702 e. The molecular formula is C61H42N2. The number of nitrogens with zero attached hydrogens (tertiary/aromatic N) is 2. The van der Waals surface area contributed by atoms with Crippen molar-refractivity contribution in [2.24, 2.45) is 0 Å². The molecule has 0 N–H and O–H groups in total. The summed E-state index contributed by atoms with van der Waals surface area (Å²) in [5.41, 5.74) is 16.0. The van der Waals surface area contributed by atoms with Crippen LogP contribution in [-0.4, -0.2) is 9.13 Å². The summed E-state index contributed by atoms with van der Waals surface area (Å²) in [5.74, 6) is 0. The van der Waals surface area contributed by atoms with E-state index in [2.05, 4.69) is 264 Å². The summed E-state index contributed by atoms with van der Waals surface area (Å²) >= 11 is 0. The van der Waals surface area contributed by atoms with Gasteiger partial charge in [0.05, 0.1) is 27.5 Å². The first-order chi connectivity index (χ1) is 31.3. The molecule has 0 fully saturated rings. The predicted octanol–water partition coefficient (Wildman–Crippen LogP) is 15.6. The number of hydrogen-bond acceptors (Lipinski definition) is 0. The van der Waals surface area contributed by atoms with Crippen LogP contribution in [-0.2, 0) is 5.41 Å². The van der Waals surface area contributed by atoms with E-state index in [4.69, 9.17) is 0 Å². The minimum atomic E-state index is -0.645. The molecule has 0 atom stereocenters. The molecule has 2 heterocycles. The molecule has 63 heavy (non-hydrogen) atoms. The van der Waals surface area contributed by atoms with E-state index in [-0.39, 0.29) is 0 Å². The minimum absolute atomic E-state index is 0.645. The quantitative estimate of drug-likeness (QED) is 0.135. The molecule has 0 aliphatic carbocycles. The molecule has 12 aromatic rings. The van der Waals surface area contributed by atoms with E-state index < -0.39 is 5.41 Å². The van der Waals surface area contributed by atoms with Gasteiger partial charge in [-0.1, -0.05) is 194 Å². The molecular weight excluding hydrogens is 761 g/mol. The molecule has 10 aromatic carbocycles. The van der Waals surface area contributed by atoms with Crippen LogP contribution in [0.5, 0.6) is 0 Å². The third-order valence-electron chi connectivity index (χ3n) is 13.0. The highest BCUT2D eigenvalue weighted by Gasteiger charge is 2.39. The zero-order valence-electron chi connectivity index (χ0n) is 34.6. The maximum absolute atomic E-state index is 2.45. The molecule has 0 radical (unpaired) electrons. The molecule has 0 unspecified atom stereocenters. The first kappa shape index (κ1) is 36.6. The summed E-state index contributed by atoms with van der Waals surface area (Å²) in [6, 6.07) is 93.4. The number of benzene rings is 10. The van der Waals surface area contributed by atoms with Crippen molar-refractivity contribution in [3.05, 3.63) is 277 Å². The lowest BCUT2D eigenvalue weighted by Gasteiger charge is -2.37. The Morgan fingerprint density at radius 2 is 0.603 bits per heavy atom. The summed E-state index contributed by atoms with van der Waals surface area (Å²) in [6.07, 6.45) is 0. The number of para-hydroxylation sites is 3. The molecule has 2 nitrogen and oxygen atoms in total. The fourth-order valence-corrected chi connectivity index (χ4v) is 10.3. The first-order valence-corrected chi connectivity index (χ1v) is 21.8. The van der Waals surface area contributed by atoms with E-state index in [0.717, 1.165) is 11.4 Å². The van der Waals surface area contributed by atoms with Crippen LogP contribution in [0.3, 0.4) is 0 Å². The lowest BCUT2D eigenvalue weighted by atomic mass is 9.65. The Balaban J connectivity index is 1.07. The van der Waals surface area contributed by atoms with Crippen LogP contribution in [0, 0.1) is 0 Å². The number of fused-ring (bicyclic) bond motifs is 6. The number of hydrogen-bond donors (Lipinski definition) is 0. The summed E-state index contributed by atoms with van der Waals surface area (Å²) in [5, 5.41) is 4.97. The molecule has 296 valence electrons. The van der Waals surface area contributed by atoms with Gasteiger partial charge >= 0.3 is 0 Å². The number of rotatable bonds is 8. The molecule has 0 amide bonds. The normalized spacial score (nSPS) is 11.8. The smallest absolute Gasteiger partial charge is 0.0702 e. The molecule has 0 bridgehead atoms. The van der Waals surface area contributed by atoms with E-state index in [1.807, 2.05) is 0 Å². The number of aromatic nitrogens is 2. The fraction of sp³-hybridized carbons (Fsp3) is 0.0164. The Labute approximate surface area is 367 Å². The average molecular weight is 803 g/mol.